The molecule has 30 nitrogen and oxygen atoms in total. The molecule has 12 rings (SSSR count). The van der Waals surface area contributed by atoms with E-state index in [9.17, 15) is 34.5 Å². The average molecular weight is 1580 g/mol. The molecule has 0 bridgehead atoms. The molecule has 0 saturated heterocycles. The van der Waals surface area contributed by atoms with Crippen molar-refractivity contribution in [2.45, 2.75) is 102 Å². The highest BCUT2D eigenvalue weighted by atomic mass is 32.2. The number of thioether (sulfide) groups is 3. The van der Waals surface area contributed by atoms with Gasteiger partial charge in [-0.2, -0.15) is 11.8 Å². The van der Waals surface area contributed by atoms with E-state index in [1.54, 1.807) is 67.4 Å². The lowest BCUT2D eigenvalue weighted by atomic mass is 9.90. The number of nitrogens with one attached hydrogen (secondary N) is 10. The normalized spacial score (nSPS) is 12.0. The van der Waals surface area contributed by atoms with Crippen molar-refractivity contribution >= 4 is 152 Å². The molecule has 0 aliphatic carbocycles. The van der Waals surface area contributed by atoms with Crippen LogP contribution in [0, 0.1) is 27.6 Å². The number of aromatic nitrogens is 12. The number of anilines is 4. The fraction of sp³-hybridized carbons (Fsp3) is 0.250. The lowest BCUT2D eigenvalue weighted by molar-refractivity contribution is -0.119. The van der Waals surface area contributed by atoms with Crippen LogP contribution >= 0.6 is 58.0 Å². The second-order valence-corrected chi connectivity index (χ2v) is 30.8. The maximum absolute atomic E-state index is 14.0. The van der Waals surface area contributed by atoms with Crippen LogP contribution in [0.15, 0.2) is 180 Å². The van der Waals surface area contributed by atoms with E-state index >= 15 is 0 Å². The molecule has 12 aromatic rings. The summed E-state index contributed by atoms with van der Waals surface area (Å²) >= 11 is 5.60. The number of aliphatic hydroxyl groups is 1. The van der Waals surface area contributed by atoms with Crippen LogP contribution in [0.1, 0.15) is 93.2 Å². The Morgan fingerprint density at radius 3 is 1.81 bits per heavy atom. The zero-order valence-corrected chi connectivity index (χ0v) is 63.5. The van der Waals surface area contributed by atoms with Crippen molar-refractivity contribution in [2.75, 3.05) is 32.8 Å². The summed E-state index contributed by atoms with van der Waals surface area (Å²) in [6, 6.07) is 37.1. The largest absolute Gasteiger partial charge is 0.408 e. The van der Waals surface area contributed by atoms with Gasteiger partial charge < -0.3 is 35.2 Å². The first kappa shape index (κ1) is 78.8. The molecule has 5 amide bonds. The van der Waals surface area contributed by atoms with Crippen LogP contribution in [0.5, 0.6) is 0 Å². The van der Waals surface area contributed by atoms with Crippen molar-refractivity contribution in [1.82, 2.24) is 71.4 Å². The number of nitrogens with zero attached hydrogens (tertiary/aromatic N) is 12. The van der Waals surface area contributed by atoms with Crippen LogP contribution in [0.2, 0.25) is 0 Å². The number of aliphatic hydroxyl groups excluding tert-OH is 1. The van der Waals surface area contributed by atoms with E-state index in [-0.39, 0.29) is 107 Å². The minimum atomic E-state index is -1.13. The molecule has 0 aliphatic heterocycles. The Morgan fingerprint density at radius 2 is 1.10 bits per heavy atom. The van der Waals surface area contributed by atoms with Gasteiger partial charge in [-0.1, -0.05) is 130 Å². The number of amidine groups is 2. The lowest BCUT2D eigenvalue weighted by Gasteiger charge is -2.26. The summed E-state index contributed by atoms with van der Waals surface area (Å²) in [6.45, 7) is 0. The van der Waals surface area contributed by atoms with Gasteiger partial charge >= 0.3 is 12.0 Å². The Balaban J connectivity index is 0.682. The van der Waals surface area contributed by atoms with Gasteiger partial charge in [0.05, 0.1) is 42.2 Å². The fourth-order valence-corrected chi connectivity index (χ4v) is 16.5. The van der Waals surface area contributed by atoms with Crippen LogP contribution in [0.25, 0.3) is 32.7 Å². The van der Waals surface area contributed by atoms with E-state index in [0.29, 0.717) is 93.6 Å². The molecule has 0 saturated carbocycles. The number of carbonyl (C=O) groups is 5. The Labute approximate surface area is 656 Å². The topological polar surface area (TPSA) is 454 Å². The quantitative estimate of drug-likeness (QED) is 0.00760. The van der Waals surface area contributed by atoms with Crippen molar-refractivity contribution in [3.63, 3.8) is 0 Å². The predicted molar refractivity (Wildman–Crippen MR) is 430 cm³/mol. The average Bonchev–Trinajstić information content (AvgIpc) is 1.78. The number of amides is 5. The standard InChI is InChI=1S/C76H74N22O8S5/c77-59(108-71(79)85-64(103)37-50-16-7-18-52-41-82-28-24-55(50)52)21-9-20-57(69(78)110-72(80)86-65(104)38-51-17-8-19-53-42-83-29-25-56(51)53)58(44-107-30-26-68-93-97-75(109-68)89-62(101)35-47-14-10-27-81-39-47)70-94-98-76(111-70)90-63(102)36-48-32-54(43-84-40-48)49-15-6-13-46(31-49)34-61(100)88-74-96-92-67(106-74)23-5-4-22-66-91-95-73(105-66)87-60(99)33-45-11-2-1-3-12-45/h1-3,6-8,10-19,24-25,27-29,31-32,39-43,57-58,64,77-78,103H,4-5,9,20-23,26,30,33-38,44H2,(H2,79,85)(H2,80,86,104)(H,87,95,99)(H,88,96,100)(H,89,97,101)(H,90,98,102). The summed E-state index contributed by atoms with van der Waals surface area (Å²) in [4.78, 5) is 83.3. The van der Waals surface area contributed by atoms with Crippen LogP contribution in [-0.2, 0) is 81.8 Å². The van der Waals surface area contributed by atoms with E-state index in [0.717, 1.165) is 84.2 Å². The van der Waals surface area contributed by atoms with Gasteiger partial charge in [0.2, 0.25) is 51.6 Å². The van der Waals surface area contributed by atoms with E-state index in [1.807, 2.05) is 115 Å². The second-order valence-electron chi connectivity index (χ2n) is 25.4. The first-order valence-electron chi connectivity index (χ1n) is 35.1. The molecule has 0 spiro atoms. The monoisotopic (exact) mass is 1580 g/mol. The SMILES string of the molecule is N=C(CCCC(C(=N)SC(=N)NC(=O)Cc1cccc2cnccc12)C(CSCCc1nnc(NC(=O)Cc2cccnc2)s1)c1nnc(NC(=O)Cc2cncc(-c3cccc(CC(=O)Nc4nnc(CCCCc5nnc(NC(=O)Cc6ccccc6)o5)o4)c3)c2)s1)SC(=N)NC(O)Cc1cccc2cnccc12. The summed E-state index contributed by atoms with van der Waals surface area (Å²) < 4.78 is 11.3. The first-order valence-corrected chi connectivity index (χ1v) is 39.5. The molecule has 0 aliphatic rings. The van der Waals surface area contributed by atoms with Crippen LogP contribution in [-0.4, -0.2) is 134 Å². The third-order valence-corrected chi connectivity index (χ3v) is 21.6. The molecule has 35 heteroatoms. The van der Waals surface area contributed by atoms with Crippen LogP contribution < -0.4 is 31.9 Å². The molecule has 3 atom stereocenters. The third-order valence-electron chi connectivity index (χ3n) is 17.0. The van der Waals surface area contributed by atoms with E-state index in [4.69, 9.17) is 25.1 Å². The number of fused-ring (bicyclic) bond motifs is 2. The summed E-state index contributed by atoms with van der Waals surface area (Å²) in [5.74, 6) is -1.48. The van der Waals surface area contributed by atoms with E-state index in [1.165, 1.54) is 11.3 Å². The Hall–Kier alpha value is -11.8. The van der Waals surface area contributed by atoms with Gasteiger partial charge in [0.1, 0.15) is 16.2 Å². The summed E-state index contributed by atoms with van der Waals surface area (Å²) in [5.41, 5.74) is 5.90. The number of hydrogen-bond acceptors (Lipinski definition) is 29. The van der Waals surface area contributed by atoms with Crippen LogP contribution in [0.3, 0.4) is 0 Å². The minimum absolute atomic E-state index is 0.0203. The Bertz CT molecular complexity index is 5270. The summed E-state index contributed by atoms with van der Waals surface area (Å²) in [7, 11) is 0. The zero-order valence-electron chi connectivity index (χ0n) is 59.4. The molecule has 566 valence electrons. The molecule has 111 heavy (non-hydrogen) atoms. The summed E-state index contributed by atoms with van der Waals surface area (Å²) in [5, 5.41) is 103. The van der Waals surface area contributed by atoms with Crippen molar-refractivity contribution in [3.8, 4) is 11.1 Å². The van der Waals surface area contributed by atoms with E-state index in [2.05, 4.69) is 92.6 Å². The molecular weight excluding hydrogens is 1510 g/mol. The number of carbonyl (C=O) groups excluding carboxylic acids is 5. The molecule has 8 heterocycles. The lowest BCUT2D eigenvalue weighted by Crippen LogP contribution is -2.34. The highest BCUT2D eigenvalue weighted by Gasteiger charge is 2.32. The van der Waals surface area contributed by atoms with Gasteiger partial charge in [-0.15, -0.1) is 30.6 Å². The summed E-state index contributed by atoms with van der Waals surface area (Å²) in [6.07, 6.45) is 15.9. The van der Waals surface area contributed by atoms with E-state index < -0.39 is 29.9 Å². The van der Waals surface area contributed by atoms with Gasteiger partial charge in [-0.05, 0) is 135 Å². The third kappa shape index (κ3) is 24.1. The highest BCUT2D eigenvalue weighted by Crippen LogP contribution is 2.39. The zero-order chi connectivity index (χ0) is 77.3. The van der Waals surface area contributed by atoms with Gasteiger partial charge in [0, 0.05) is 109 Å². The van der Waals surface area contributed by atoms with Gasteiger partial charge in [-0.3, -0.25) is 76.2 Å². The number of hydrogen-bond donors (Lipinski definition) is 11. The molecule has 8 aromatic heterocycles. The number of rotatable bonds is 35. The van der Waals surface area contributed by atoms with Crippen molar-refractivity contribution in [1.29, 1.82) is 21.6 Å². The number of unbranched alkanes of at least 4 members (excludes halogenated alkanes) is 1. The molecule has 3 unspecified atom stereocenters. The first-order chi connectivity index (χ1) is 54.0. The molecule has 0 fully saturated rings. The second kappa shape index (κ2) is 39.6. The van der Waals surface area contributed by atoms with Crippen molar-refractivity contribution in [2.24, 2.45) is 5.92 Å². The van der Waals surface area contributed by atoms with Gasteiger partial charge in [0.25, 0.3) is 0 Å². The minimum Gasteiger partial charge on any atom is -0.408 e. The molecule has 11 N–H and O–H groups in total. The van der Waals surface area contributed by atoms with Crippen molar-refractivity contribution < 1.29 is 37.9 Å². The predicted octanol–water partition coefficient (Wildman–Crippen LogP) is 11.6. The van der Waals surface area contributed by atoms with Crippen molar-refractivity contribution in [3.05, 3.63) is 226 Å². The van der Waals surface area contributed by atoms with Crippen LogP contribution in [0.4, 0.5) is 22.3 Å². The number of aryl methyl sites for hydroxylation is 3. The fourth-order valence-electron chi connectivity index (χ4n) is 11.9. The van der Waals surface area contributed by atoms with Gasteiger partial charge in [-0.25, -0.2) is 0 Å². The molecule has 0 radical (unpaired) electrons. The molecule has 4 aromatic carbocycles. The highest BCUT2D eigenvalue weighted by molar-refractivity contribution is 8.26. The Morgan fingerprint density at radius 1 is 0.495 bits per heavy atom. The number of benzene rings is 4. The maximum Gasteiger partial charge on any atom is 0.322 e. The molecular formula is C76H74N22O8S5. The maximum atomic E-state index is 14.0. The Kier molecular flexibility index (Phi) is 28.1. The van der Waals surface area contributed by atoms with Gasteiger partial charge in [0.15, 0.2) is 10.3 Å². The smallest absolute Gasteiger partial charge is 0.322 e. The number of pyridine rings is 4.